The summed E-state index contributed by atoms with van der Waals surface area (Å²) in [7, 11) is 2.13. The minimum absolute atomic E-state index is 0.379. The number of aryl methyl sites for hydroxylation is 1. The molecule has 0 amide bonds. The molecule has 1 aromatic carbocycles. The number of rotatable bonds is 6. The van der Waals surface area contributed by atoms with Crippen molar-refractivity contribution in [3.05, 3.63) is 88.5 Å². The van der Waals surface area contributed by atoms with Crippen LogP contribution in [0.5, 0.6) is 0 Å². The number of aromatic nitrogens is 5. The van der Waals surface area contributed by atoms with Crippen LogP contribution in [0.2, 0.25) is 0 Å². The number of benzene rings is 1. The van der Waals surface area contributed by atoms with E-state index in [-0.39, 0.29) is 0 Å². The van der Waals surface area contributed by atoms with E-state index in [1.165, 1.54) is 22.9 Å². The molecular weight excluding hydrogens is 502 g/mol. The maximum Gasteiger partial charge on any atom is 0.171 e. The molecule has 4 aromatic heterocycles. The molecule has 6 rings (SSSR count). The number of nitrogens with zero attached hydrogens (tertiary/aromatic N) is 6. The second-order valence-electron chi connectivity index (χ2n) is 9.37. The lowest BCUT2D eigenvalue weighted by molar-refractivity contribution is 0.199. The summed E-state index contributed by atoms with van der Waals surface area (Å²) in [5, 5.41) is 9.44. The van der Waals surface area contributed by atoms with Gasteiger partial charge in [-0.2, -0.15) is 9.61 Å². The Hall–Kier alpha value is -3.23. The maximum atomic E-state index is 5.04. The van der Waals surface area contributed by atoms with Gasteiger partial charge in [-0.05, 0) is 58.6 Å². The number of piperidine rings is 1. The van der Waals surface area contributed by atoms with Crippen LogP contribution in [0, 0.1) is 0 Å². The third-order valence-electron chi connectivity index (χ3n) is 6.94. The van der Waals surface area contributed by atoms with E-state index in [2.05, 4.69) is 90.4 Å². The maximum absolute atomic E-state index is 5.04. The van der Waals surface area contributed by atoms with Crippen molar-refractivity contribution in [2.75, 3.05) is 18.4 Å². The molecule has 1 N–H and O–H groups in total. The third kappa shape index (κ3) is 4.44. The molecule has 7 nitrogen and oxygen atoms in total. The van der Waals surface area contributed by atoms with Crippen molar-refractivity contribution in [1.29, 1.82) is 0 Å². The summed E-state index contributed by atoms with van der Waals surface area (Å²) in [6.07, 6.45) is 10.1. The first-order chi connectivity index (χ1) is 17.2. The molecule has 1 aliphatic heterocycles. The lowest BCUT2D eigenvalue weighted by Gasteiger charge is -2.32. The molecule has 0 spiro atoms. The van der Waals surface area contributed by atoms with Gasteiger partial charge in [0.25, 0.3) is 0 Å². The van der Waals surface area contributed by atoms with Crippen LogP contribution in [0.4, 0.5) is 5.82 Å². The third-order valence-corrected chi connectivity index (χ3v) is 7.50. The first kappa shape index (κ1) is 22.2. The van der Waals surface area contributed by atoms with E-state index in [1.807, 2.05) is 23.0 Å². The smallest absolute Gasteiger partial charge is 0.171 e. The topological polar surface area (TPSA) is 63.3 Å². The average molecular weight is 530 g/mol. The monoisotopic (exact) mass is 529 g/mol. The van der Waals surface area contributed by atoms with Gasteiger partial charge in [-0.15, -0.1) is 0 Å². The highest BCUT2D eigenvalue weighted by atomic mass is 79.9. The first-order valence-electron chi connectivity index (χ1n) is 12.1. The molecule has 35 heavy (non-hydrogen) atoms. The average Bonchev–Trinajstić information content (AvgIpc) is 3.43. The van der Waals surface area contributed by atoms with Crippen molar-refractivity contribution in [3.63, 3.8) is 0 Å². The van der Waals surface area contributed by atoms with Gasteiger partial charge in [0.15, 0.2) is 5.65 Å². The predicted molar refractivity (Wildman–Crippen MR) is 142 cm³/mol. The molecule has 5 heterocycles. The van der Waals surface area contributed by atoms with Gasteiger partial charge in [0.1, 0.15) is 5.82 Å². The number of hydrogen-bond donors (Lipinski definition) is 1. The molecule has 1 atom stereocenters. The SMILES string of the molecule is Cn1cc(CN2CCCC(c3cc(NCc4cccnc4)n4ncc(Br)c4n3)C2)c2ccccc21. The van der Waals surface area contributed by atoms with Crippen molar-refractivity contribution in [2.45, 2.75) is 31.8 Å². The van der Waals surface area contributed by atoms with E-state index >= 15 is 0 Å². The summed E-state index contributed by atoms with van der Waals surface area (Å²) in [5.41, 5.74) is 5.78. The molecule has 178 valence electrons. The molecule has 5 aromatic rings. The lowest BCUT2D eigenvalue weighted by atomic mass is 9.94. The van der Waals surface area contributed by atoms with Crippen molar-refractivity contribution >= 4 is 38.3 Å². The number of pyridine rings is 1. The van der Waals surface area contributed by atoms with Crippen LogP contribution >= 0.6 is 15.9 Å². The Kier molecular flexibility index (Phi) is 6.00. The normalized spacial score (nSPS) is 16.8. The highest BCUT2D eigenvalue weighted by Crippen LogP contribution is 2.31. The van der Waals surface area contributed by atoms with Crippen LogP contribution < -0.4 is 5.32 Å². The molecule has 1 unspecified atom stereocenters. The Bertz CT molecular complexity index is 1470. The second-order valence-corrected chi connectivity index (χ2v) is 10.2. The fourth-order valence-electron chi connectivity index (χ4n) is 5.22. The Morgan fingerprint density at radius 2 is 2.06 bits per heavy atom. The zero-order valence-electron chi connectivity index (χ0n) is 19.7. The summed E-state index contributed by atoms with van der Waals surface area (Å²) >= 11 is 3.64. The number of para-hydroxylation sites is 1. The van der Waals surface area contributed by atoms with Crippen molar-refractivity contribution in [3.8, 4) is 0 Å². The van der Waals surface area contributed by atoms with Crippen LogP contribution in [-0.4, -0.2) is 42.1 Å². The zero-order chi connectivity index (χ0) is 23.8. The minimum atomic E-state index is 0.379. The van der Waals surface area contributed by atoms with Gasteiger partial charge in [-0.3, -0.25) is 9.88 Å². The van der Waals surface area contributed by atoms with Gasteiger partial charge >= 0.3 is 0 Å². The Morgan fingerprint density at radius 1 is 1.14 bits per heavy atom. The number of likely N-dealkylation sites (tertiary alicyclic amines) is 1. The standard InChI is InChI=1S/C27H28BrN7/c1-33-16-21(22-8-2-3-9-25(22)33)18-34-11-5-7-20(17-34)24-12-26(30-14-19-6-4-10-29-13-19)35-27(32-24)23(28)15-31-35/h2-4,6,8-10,12-13,15-16,20,30H,5,7,11,14,17-18H2,1H3. The van der Waals surface area contributed by atoms with Crippen molar-refractivity contribution < 1.29 is 0 Å². The van der Waals surface area contributed by atoms with Crippen LogP contribution in [0.1, 0.15) is 35.6 Å². The number of fused-ring (bicyclic) bond motifs is 2. The second kappa shape index (κ2) is 9.43. The zero-order valence-corrected chi connectivity index (χ0v) is 21.3. The van der Waals surface area contributed by atoms with E-state index in [1.54, 1.807) is 6.20 Å². The summed E-state index contributed by atoms with van der Waals surface area (Å²) in [6, 6.07) is 14.9. The van der Waals surface area contributed by atoms with Gasteiger partial charge in [0, 0.05) is 68.2 Å². The Balaban J connectivity index is 1.26. The quantitative estimate of drug-likeness (QED) is 0.320. The van der Waals surface area contributed by atoms with Crippen molar-refractivity contribution in [1.82, 2.24) is 29.0 Å². The van der Waals surface area contributed by atoms with E-state index < -0.39 is 0 Å². The minimum Gasteiger partial charge on any atom is -0.366 e. The highest BCUT2D eigenvalue weighted by Gasteiger charge is 2.25. The predicted octanol–water partition coefficient (Wildman–Crippen LogP) is 5.37. The molecule has 0 aliphatic carbocycles. The summed E-state index contributed by atoms with van der Waals surface area (Å²) in [4.78, 5) is 11.8. The molecule has 1 fully saturated rings. The largest absolute Gasteiger partial charge is 0.366 e. The van der Waals surface area contributed by atoms with Gasteiger partial charge in [-0.25, -0.2) is 4.98 Å². The number of anilines is 1. The number of nitrogens with one attached hydrogen (secondary N) is 1. The van der Waals surface area contributed by atoms with Crippen LogP contribution in [0.25, 0.3) is 16.6 Å². The molecular formula is C27H28BrN7. The van der Waals surface area contributed by atoms with Gasteiger partial charge in [0.2, 0.25) is 0 Å². The summed E-state index contributed by atoms with van der Waals surface area (Å²) in [5.74, 6) is 1.33. The van der Waals surface area contributed by atoms with E-state index in [0.717, 1.165) is 53.3 Å². The summed E-state index contributed by atoms with van der Waals surface area (Å²) in [6.45, 7) is 3.76. The molecule has 0 saturated carbocycles. The Labute approximate surface area is 212 Å². The van der Waals surface area contributed by atoms with Gasteiger partial charge in [-0.1, -0.05) is 24.3 Å². The molecule has 1 aliphatic rings. The summed E-state index contributed by atoms with van der Waals surface area (Å²) < 4.78 is 5.02. The Morgan fingerprint density at radius 3 is 2.94 bits per heavy atom. The van der Waals surface area contributed by atoms with Crippen molar-refractivity contribution in [2.24, 2.45) is 7.05 Å². The van der Waals surface area contributed by atoms with Crippen LogP contribution in [0.15, 0.2) is 71.7 Å². The van der Waals surface area contributed by atoms with Crippen LogP contribution in [0.3, 0.4) is 0 Å². The lowest BCUT2D eigenvalue weighted by Crippen LogP contribution is -2.34. The number of hydrogen-bond acceptors (Lipinski definition) is 5. The molecule has 8 heteroatoms. The molecule has 1 saturated heterocycles. The van der Waals surface area contributed by atoms with E-state index in [0.29, 0.717) is 12.5 Å². The first-order valence-corrected chi connectivity index (χ1v) is 12.9. The van der Waals surface area contributed by atoms with Gasteiger partial charge in [0.05, 0.1) is 16.4 Å². The molecule has 0 radical (unpaired) electrons. The van der Waals surface area contributed by atoms with E-state index in [4.69, 9.17) is 4.98 Å². The van der Waals surface area contributed by atoms with Gasteiger partial charge < -0.3 is 9.88 Å². The van der Waals surface area contributed by atoms with E-state index in [9.17, 15) is 0 Å². The highest BCUT2D eigenvalue weighted by molar-refractivity contribution is 9.10. The molecule has 0 bridgehead atoms. The fraction of sp³-hybridized carbons (Fsp3) is 0.296. The van der Waals surface area contributed by atoms with Crippen LogP contribution in [-0.2, 0) is 20.1 Å². The number of halogens is 1. The fourth-order valence-corrected chi connectivity index (χ4v) is 5.57.